The first-order valence-corrected chi connectivity index (χ1v) is 7.86. The second-order valence-corrected chi connectivity index (χ2v) is 6.20. The van der Waals surface area contributed by atoms with Crippen LogP contribution < -0.4 is 5.32 Å². The summed E-state index contributed by atoms with van der Waals surface area (Å²) in [5.41, 5.74) is 2.48. The number of likely N-dealkylation sites (N-methyl/N-ethyl adjacent to an activating group) is 1. The van der Waals surface area contributed by atoms with Crippen LogP contribution in [0.25, 0.3) is 10.6 Å². The number of thiazole rings is 1. The van der Waals surface area contributed by atoms with Crippen molar-refractivity contribution in [2.45, 2.75) is 39.0 Å². The van der Waals surface area contributed by atoms with Crippen molar-refractivity contribution in [3.63, 3.8) is 0 Å². The van der Waals surface area contributed by atoms with Crippen LogP contribution in [0.2, 0.25) is 0 Å². The maximum Gasteiger partial charge on any atom is 0.127 e. The molecule has 2 aromatic heterocycles. The van der Waals surface area contributed by atoms with Gasteiger partial charge in [-0.3, -0.25) is 0 Å². The van der Waals surface area contributed by atoms with E-state index in [1.54, 1.807) is 6.26 Å². The fourth-order valence-electron chi connectivity index (χ4n) is 2.75. The average molecular weight is 276 g/mol. The van der Waals surface area contributed by atoms with Gasteiger partial charge in [0.1, 0.15) is 10.8 Å². The van der Waals surface area contributed by atoms with Gasteiger partial charge in [0.25, 0.3) is 0 Å². The molecule has 0 aliphatic heterocycles. The van der Waals surface area contributed by atoms with Crippen molar-refractivity contribution >= 4 is 11.3 Å². The van der Waals surface area contributed by atoms with Gasteiger partial charge in [-0.15, -0.1) is 11.3 Å². The second-order valence-electron chi connectivity index (χ2n) is 5.11. The van der Waals surface area contributed by atoms with Crippen LogP contribution in [-0.2, 0) is 6.42 Å². The third-order valence-electron chi connectivity index (χ3n) is 3.80. The van der Waals surface area contributed by atoms with Crippen LogP contribution in [0.4, 0.5) is 0 Å². The number of aromatic nitrogens is 1. The van der Waals surface area contributed by atoms with Crippen LogP contribution >= 0.6 is 11.3 Å². The predicted molar refractivity (Wildman–Crippen MR) is 78.8 cm³/mol. The summed E-state index contributed by atoms with van der Waals surface area (Å²) in [6, 6.07) is 2.03. The zero-order valence-electron chi connectivity index (χ0n) is 11.5. The van der Waals surface area contributed by atoms with Crippen LogP contribution in [0.1, 0.15) is 42.0 Å². The zero-order chi connectivity index (χ0) is 13.2. The van der Waals surface area contributed by atoms with E-state index in [-0.39, 0.29) is 0 Å². The molecule has 2 aromatic rings. The smallest absolute Gasteiger partial charge is 0.127 e. The van der Waals surface area contributed by atoms with Gasteiger partial charge < -0.3 is 9.73 Å². The van der Waals surface area contributed by atoms with Crippen LogP contribution in [0.5, 0.6) is 0 Å². The maximum atomic E-state index is 5.40. The molecule has 4 heteroatoms. The molecule has 0 saturated carbocycles. The molecule has 3 rings (SSSR count). The van der Waals surface area contributed by atoms with Gasteiger partial charge >= 0.3 is 0 Å². The summed E-state index contributed by atoms with van der Waals surface area (Å²) >= 11 is 1.85. The first-order valence-electron chi connectivity index (χ1n) is 7.04. The Balaban J connectivity index is 1.91. The van der Waals surface area contributed by atoms with Crippen molar-refractivity contribution in [3.8, 4) is 10.6 Å². The van der Waals surface area contributed by atoms with Crippen LogP contribution in [0, 0.1) is 6.92 Å². The molecule has 1 aliphatic carbocycles. The lowest BCUT2D eigenvalue weighted by atomic mass is 9.91. The van der Waals surface area contributed by atoms with Crippen molar-refractivity contribution in [1.82, 2.24) is 10.3 Å². The van der Waals surface area contributed by atoms with Gasteiger partial charge in [-0.25, -0.2) is 4.98 Å². The summed E-state index contributed by atoms with van der Waals surface area (Å²) in [6.45, 7) is 6.25. The molecule has 102 valence electrons. The molecule has 2 heterocycles. The Labute approximate surface area is 118 Å². The van der Waals surface area contributed by atoms with E-state index < -0.39 is 0 Å². The number of hydrogen-bond donors (Lipinski definition) is 1. The number of rotatable bonds is 4. The highest BCUT2D eigenvalue weighted by atomic mass is 32.1. The van der Waals surface area contributed by atoms with E-state index >= 15 is 0 Å². The largest absolute Gasteiger partial charge is 0.469 e. The molecule has 1 N–H and O–H groups in total. The Morgan fingerprint density at radius 1 is 1.53 bits per heavy atom. The Kier molecular flexibility index (Phi) is 3.71. The molecule has 0 bridgehead atoms. The van der Waals surface area contributed by atoms with Gasteiger partial charge in [0.15, 0.2) is 0 Å². The molecule has 0 saturated heterocycles. The van der Waals surface area contributed by atoms with Crippen molar-refractivity contribution in [2.24, 2.45) is 0 Å². The van der Waals surface area contributed by atoms with Crippen LogP contribution in [0.3, 0.4) is 0 Å². The lowest BCUT2D eigenvalue weighted by Gasteiger charge is -2.21. The third-order valence-corrected chi connectivity index (χ3v) is 4.96. The van der Waals surface area contributed by atoms with Crippen molar-refractivity contribution < 1.29 is 4.42 Å². The summed E-state index contributed by atoms with van der Waals surface area (Å²) in [5.74, 6) is 1.55. The van der Waals surface area contributed by atoms with E-state index in [1.165, 1.54) is 29.8 Å². The summed E-state index contributed by atoms with van der Waals surface area (Å²) < 4.78 is 5.40. The number of nitrogens with one attached hydrogen (secondary N) is 1. The molecule has 0 aromatic carbocycles. The maximum absolute atomic E-state index is 5.40. The van der Waals surface area contributed by atoms with E-state index in [0.29, 0.717) is 5.92 Å². The van der Waals surface area contributed by atoms with E-state index in [2.05, 4.69) is 12.2 Å². The van der Waals surface area contributed by atoms with Gasteiger partial charge in [0.2, 0.25) is 0 Å². The molecule has 1 atom stereocenters. The van der Waals surface area contributed by atoms with Gasteiger partial charge in [-0.05, 0) is 38.8 Å². The quantitative estimate of drug-likeness (QED) is 0.924. The standard InChI is InChI=1S/C15H20N2OS/c1-3-16-9-11-5-4-6-13-14(11)17-15(19-13)12-7-8-18-10(12)2/h7-8,11,16H,3-6,9H2,1-2H3. The minimum absolute atomic E-state index is 0.584. The molecular formula is C15H20N2OS. The molecule has 3 nitrogen and oxygen atoms in total. The number of aryl methyl sites for hydroxylation is 2. The van der Waals surface area contributed by atoms with Crippen LogP contribution in [0.15, 0.2) is 16.7 Å². The van der Waals surface area contributed by atoms with Gasteiger partial charge in [0.05, 0.1) is 17.5 Å². The first kappa shape index (κ1) is 12.9. The van der Waals surface area contributed by atoms with Crippen molar-refractivity contribution in [3.05, 3.63) is 28.7 Å². The minimum atomic E-state index is 0.584. The fraction of sp³-hybridized carbons (Fsp3) is 0.533. The highest BCUT2D eigenvalue weighted by Gasteiger charge is 2.25. The van der Waals surface area contributed by atoms with E-state index in [9.17, 15) is 0 Å². The SMILES string of the molecule is CCNCC1CCCc2sc(-c3ccoc3C)nc21. The lowest BCUT2D eigenvalue weighted by Crippen LogP contribution is -2.23. The van der Waals surface area contributed by atoms with Crippen LogP contribution in [-0.4, -0.2) is 18.1 Å². The zero-order valence-corrected chi connectivity index (χ0v) is 12.3. The minimum Gasteiger partial charge on any atom is -0.469 e. The highest BCUT2D eigenvalue weighted by molar-refractivity contribution is 7.15. The average Bonchev–Trinajstić information content (AvgIpc) is 3.01. The molecule has 0 fully saturated rings. The monoisotopic (exact) mass is 276 g/mol. The first-order chi connectivity index (χ1) is 9.29. The fourth-order valence-corrected chi connectivity index (χ4v) is 4.01. The third kappa shape index (κ3) is 2.47. The van der Waals surface area contributed by atoms with Crippen molar-refractivity contribution in [1.29, 1.82) is 0 Å². The predicted octanol–water partition coefficient (Wildman–Crippen LogP) is 3.74. The normalized spacial score (nSPS) is 18.5. The molecule has 0 amide bonds. The van der Waals surface area contributed by atoms with E-state index in [0.717, 1.165) is 29.4 Å². The van der Waals surface area contributed by atoms with Crippen molar-refractivity contribution in [2.75, 3.05) is 13.1 Å². The molecular weight excluding hydrogens is 256 g/mol. The van der Waals surface area contributed by atoms with Gasteiger partial charge in [-0.1, -0.05) is 6.92 Å². The topological polar surface area (TPSA) is 38.1 Å². The summed E-state index contributed by atoms with van der Waals surface area (Å²) in [7, 11) is 0. The molecule has 1 aliphatic rings. The number of fused-ring (bicyclic) bond motifs is 1. The number of furan rings is 1. The summed E-state index contributed by atoms with van der Waals surface area (Å²) in [5, 5.41) is 4.59. The number of hydrogen-bond acceptors (Lipinski definition) is 4. The lowest BCUT2D eigenvalue weighted by molar-refractivity contribution is 0.509. The van der Waals surface area contributed by atoms with E-state index in [4.69, 9.17) is 9.40 Å². The Hall–Kier alpha value is -1.13. The molecule has 1 unspecified atom stereocenters. The number of nitrogens with zero attached hydrogens (tertiary/aromatic N) is 1. The van der Waals surface area contributed by atoms with Gasteiger partial charge in [-0.2, -0.15) is 0 Å². The second kappa shape index (κ2) is 5.47. The Morgan fingerprint density at radius 2 is 2.42 bits per heavy atom. The van der Waals surface area contributed by atoms with Gasteiger partial charge in [0, 0.05) is 17.3 Å². The highest BCUT2D eigenvalue weighted by Crippen LogP contribution is 2.38. The van der Waals surface area contributed by atoms with E-state index in [1.807, 2.05) is 24.3 Å². The molecule has 19 heavy (non-hydrogen) atoms. The molecule has 0 spiro atoms. The summed E-state index contributed by atoms with van der Waals surface area (Å²) in [4.78, 5) is 6.38. The Bertz CT molecular complexity index is 558. The summed E-state index contributed by atoms with van der Waals surface area (Å²) in [6.07, 6.45) is 5.48. The molecule has 0 radical (unpaired) electrons. The Morgan fingerprint density at radius 3 is 3.16 bits per heavy atom.